The highest BCUT2D eigenvalue weighted by Gasteiger charge is 2.55. The number of rotatable bonds is 9. The van der Waals surface area contributed by atoms with Crippen LogP contribution in [0.15, 0.2) is 33.1 Å². The van der Waals surface area contributed by atoms with Crippen molar-refractivity contribution in [3.05, 3.63) is 33.6 Å². The third-order valence-corrected chi connectivity index (χ3v) is 8.98. The summed E-state index contributed by atoms with van der Waals surface area (Å²) in [6, 6.07) is -1.01. The number of aliphatic carboxylic acids is 2. The van der Waals surface area contributed by atoms with E-state index in [9.17, 15) is 24.3 Å². The number of β-lactam (4-membered cyclic amide) rings is 1. The van der Waals surface area contributed by atoms with Crippen molar-refractivity contribution in [3.63, 3.8) is 0 Å². The summed E-state index contributed by atoms with van der Waals surface area (Å²) in [5.41, 5.74) is 8.67. The Kier molecular flexibility index (Phi) is 7.44. The van der Waals surface area contributed by atoms with Crippen LogP contribution in [0.4, 0.5) is 5.13 Å². The van der Waals surface area contributed by atoms with E-state index in [1.165, 1.54) is 40.2 Å². The van der Waals surface area contributed by atoms with E-state index in [0.29, 0.717) is 17.9 Å². The average Bonchev–Trinajstić information content (AvgIpc) is 3.56. The van der Waals surface area contributed by atoms with Crippen LogP contribution in [0.1, 0.15) is 44.7 Å². The van der Waals surface area contributed by atoms with Gasteiger partial charge < -0.3 is 26.1 Å². The quantitative estimate of drug-likeness (QED) is 0.143. The Labute approximate surface area is 231 Å². The van der Waals surface area contributed by atoms with Crippen molar-refractivity contribution in [2.75, 3.05) is 18.0 Å². The fourth-order valence-electron chi connectivity index (χ4n) is 5.07. The van der Waals surface area contributed by atoms with Crippen molar-refractivity contribution >= 4 is 63.9 Å². The topological polar surface area (TPSA) is 188 Å². The maximum atomic E-state index is 13.2. The number of carbonyl (C=O) groups is 4. The fraction of sp³-hybridized carbons (Fsp3) is 0.458. The number of thiazole rings is 1. The van der Waals surface area contributed by atoms with Crippen LogP contribution >= 0.6 is 23.1 Å². The van der Waals surface area contributed by atoms with Crippen LogP contribution in [0.3, 0.4) is 0 Å². The van der Waals surface area contributed by atoms with Crippen molar-refractivity contribution in [2.45, 2.75) is 56.5 Å². The summed E-state index contributed by atoms with van der Waals surface area (Å²) in [6.45, 7) is 1.65. The number of allylic oxidation sites excluding steroid dienone is 2. The summed E-state index contributed by atoms with van der Waals surface area (Å²) in [7, 11) is 0. The van der Waals surface area contributed by atoms with Gasteiger partial charge in [0.25, 0.3) is 11.8 Å². The van der Waals surface area contributed by atoms with Crippen molar-refractivity contribution in [1.29, 1.82) is 0 Å². The summed E-state index contributed by atoms with van der Waals surface area (Å²) in [6.07, 6.45) is 5.86. The molecular weight excluding hydrogens is 548 g/mol. The second kappa shape index (κ2) is 10.8. The van der Waals surface area contributed by atoms with E-state index < -0.39 is 41.3 Å². The number of thioether (sulfide) groups is 1. The monoisotopic (exact) mass is 575 g/mol. The van der Waals surface area contributed by atoms with Gasteiger partial charge in [-0.2, -0.15) is 0 Å². The summed E-state index contributed by atoms with van der Waals surface area (Å²) in [4.78, 5) is 59.9. The molecule has 0 saturated carbocycles. The minimum Gasteiger partial charge on any atom is -0.478 e. The van der Waals surface area contributed by atoms with Gasteiger partial charge >= 0.3 is 11.9 Å². The highest BCUT2D eigenvalue weighted by Crippen LogP contribution is 2.41. The molecule has 0 aromatic carbocycles. The van der Waals surface area contributed by atoms with Crippen LogP contribution in [0.5, 0.6) is 0 Å². The van der Waals surface area contributed by atoms with Crippen LogP contribution < -0.4 is 11.1 Å². The molecule has 1 aromatic rings. The molecule has 206 valence electrons. The van der Waals surface area contributed by atoms with Gasteiger partial charge in [0.1, 0.15) is 29.0 Å². The van der Waals surface area contributed by atoms with Gasteiger partial charge in [0.2, 0.25) is 6.10 Å². The molecule has 5 N–H and O–H groups in total. The van der Waals surface area contributed by atoms with E-state index in [4.69, 9.17) is 15.7 Å². The molecule has 5 rings (SSSR count). The van der Waals surface area contributed by atoms with Crippen molar-refractivity contribution in [2.24, 2.45) is 5.16 Å². The Hall–Kier alpha value is -3.72. The number of nitrogens with two attached hydrogens (primary N) is 1. The molecule has 0 spiro atoms. The largest absolute Gasteiger partial charge is 0.478 e. The minimum absolute atomic E-state index is 0.0480. The Morgan fingerprint density at radius 2 is 2.13 bits per heavy atom. The number of hydrogen-bond acceptors (Lipinski definition) is 10. The van der Waals surface area contributed by atoms with Crippen molar-refractivity contribution in [1.82, 2.24) is 15.2 Å². The van der Waals surface area contributed by atoms with Gasteiger partial charge in [0.15, 0.2) is 23.1 Å². The molecule has 0 bridgehead atoms. The first kappa shape index (κ1) is 26.9. The van der Waals surface area contributed by atoms with Crippen LogP contribution in [0.25, 0.3) is 0 Å². The molecule has 4 heterocycles. The molecule has 3 atom stereocenters. The van der Waals surface area contributed by atoms with E-state index in [1.54, 1.807) is 0 Å². The molecule has 4 aliphatic rings. The summed E-state index contributed by atoms with van der Waals surface area (Å²) in [5.74, 6) is -3.48. The van der Waals surface area contributed by atoms with E-state index >= 15 is 0 Å². The third kappa shape index (κ3) is 5.15. The number of fused-ring (bicyclic) bond motifs is 1. The van der Waals surface area contributed by atoms with E-state index in [1.807, 2.05) is 0 Å². The van der Waals surface area contributed by atoms with Gasteiger partial charge in [0.05, 0.1) is 0 Å². The molecule has 13 nitrogen and oxygen atoms in total. The zero-order valence-corrected chi connectivity index (χ0v) is 22.6. The Morgan fingerprint density at radius 1 is 1.33 bits per heavy atom. The van der Waals surface area contributed by atoms with Crippen LogP contribution in [-0.2, 0) is 24.0 Å². The first-order valence-electron chi connectivity index (χ1n) is 12.4. The van der Waals surface area contributed by atoms with E-state index in [2.05, 4.69) is 26.2 Å². The molecular formula is C24H27N6O7S2+. The maximum absolute atomic E-state index is 13.2. The number of amides is 2. The zero-order valence-electron chi connectivity index (χ0n) is 21.0. The highest BCUT2D eigenvalue weighted by molar-refractivity contribution is 8.00. The molecule has 0 radical (unpaired) electrons. The molecule has 1 fully saturated rings. The summed E-state index contributed by atoms with van der Waals surface area (Å²) < 4.78 is 2.13. The van der Waals surface area contributed by atoms with Crippen molar-refractivity contribution in [3.8, 4) is 0 Å². The second-order valence-electron chi connectivity index (χ2n) is 9.47. The standard InChI is InChI=1S/C24H26N6O7S2/c1-11(22(33)34)37-28-16(14-10-39-24(25)26-14)19(31)27-17-20(32)30-18(23(35)36)13(9-38-21(17)30)8-29-7-3-5-12-4-2-6-15(12)29/h7,10-11,17,21H,2-6,8-9H2,1H3,(H4-,25,26,27,31,33,34,35,36)/p+1/b28-16-/t11-,17+,21+/m0/s1. The Morgan fingerprint density at radius 3 is 2.82 bits per heavy atom. The van der Waals surface area contributed by atoms with Crippen LogP contribution in [0.2, 0.25) is 0 Å². The van der Waals surface area contributed by atoms with Gasteiger partial charge in [0, 0.05) is 29.5 Å². The lowest BCUT2D eigenvalue weighted by Crippen LogP contribution is -2.71. The molecule has 1 aliphatic carbocycles. The Balaban J connectivity index is 1.34. The van der Waals surface area contributed by atoms with E-state index in [0.717, 1.165) is 43.4 Å². The number of carboxylic acids is 2. The van der Waals surface area contributed by atoms with Crippen LogP contribution in [0, 0.1) is 0 Å². The lowest BCUT2D eigenvalue weighted by Gasteiger charge is -2.49. The number of hydrogen-bond donors (Lipinski definition) is 4. The maximum Gasteiger partial charge on any atom is 0.352 e. The number of nitrogens with one attached hydrogen (secondary N) is 1. The number of nitrogens with zero attached hydrogens (tertiary/aromatic N) is 4. The van der Waals surface area contributed by atoms with Gasteiger partial charge in [-0.1, -0.05) is 5.16 Å². The molecule has 0 unspecified atom stereocenters. The van der Waals surface area contributed by atoms with Gasteiger partial charge in [-0.05, 0) is 31.8 Å². The number of aromatic nitrogens is 1. The first-order valence-corrected chi connectivity index (χ1v) is 14.3. The summed E-state index contributed by atoms with van der Waals surface area (Å²) >= 11 is 2.42. The minimum atomic E-state index is -1.34. The van der Waals surface area contributed by atoms with Crippen molar-refractivity contribution < 1.29 is 38.8 Å². The highest BCUT2D eigenvalue weighted by atomic mass is 32.2. The van der Waals surface area contributed by atoms with Gasteiger partial charge in [-0.25, -0.2) is 19.1 Å². The zero-order chi connectivity index (χ0) is 27.8. The predicted molar refractivity (Wildman–Crippen MR) is 142 cm³/mol. The number of nitrogen functional groups attached to an aromatic ring is 1. The second-order valence-corrected chi connectivity index (χ2v) is 11.5. The van der Waals surface area contributed by atoms with E-state index in [-0.39, 0.29) is 22.2 Å². The number of carbonyl (C=O) groups excluding carboxylic acids is 2. The molecule has 2 amide bonds. The number of anilines is 1. The molecule has 15 heteroatoms. The van der Waals surface area contributed by atoms with Gasteiger partial charge in [-0.3, -0.25) is 14.5 Å². The lowest BCUT2D eigenvalue weighted by molar-refractivity contribution is -0.469. The molecule has 1 saturated heterocycles. The number of oxime groups is 1. The third-order valence-electron chi connectivity index (χ3n) is 6.97. The molecule has 1 aromatic heterocycles. The smallest absolute Gasteiger partial charge is 0.352 e. The van der Waals surface area contributed by atoms with Crippen LogP contribution in [-0.4, -0.2) is 90.2 Å². The molecule has 3 aliphatic heterocycles. The van der Waals surface area contributed by atoms with Gasteiger partial charge in [-0.15, -0.1) is 23.1 Å². The average molecular weight is 576 g/mol. The SMILES string of the molecule is C[C@H](O/N=C(\C(=O)N[C@@H]1C(=O)N2C(C(=O)O)=C(C[N+]3=CCCC4=C3CCC4)CS[C@H]12)c1csc(N)n1)C(=O)O. The Bertz CT molecular complexity index is 1380. The predicted octanol–water partition coefficient (Wildman–Crippen LogP) is 0.973. The fourth-order valence-corrected chi connectivity index (χ4v) is 6.95. The number of carboxylic acid groups (broad SMARTS) is 2. The lowest BCUT2D eigenvalue weighted by atomic mass is 10.0. The molecule has 39 heavy (non-hydrogen) atoms. The summed E-state index contributed by atoms with van der Waals surface area (Å²) in [5, 5.41) is 26.4. The normalized spacial score (nSPS) is 23.5. The first-order chi connectivity index (χ1) is 18.7.